The van der Waals surface area contributed by atoms with Crippen LogP contribution in [0.2, 0.25) is 0 Å². The molecule has 2 rings (SSSR count). The lowest BCUT2D eigenvalue weighted by atomic mass is 10.2. The van der Waals surface area contributed by atoms with E-state index in [0.717, 1.165) is 4.47 Å². The molecule has 0 radical (unpaired) electrons. The molecule has 0 aliphatic heterocycles. The van der Waals surface area contributed by atoms with Crippen LogP contribution in [0.4, 0.5) is 5.69 Å². The predicted octanol–water partition coefficient (Wildman–Crippen LogP) is 4.02. The minimum atomic E-state index is -0.528. The van der Waals surface area contributed by atoms with E-state index in [1.165, 1.54) is 12.1 Å². The smallest absolute Gasteiger partial charge is 0.311 e. The molecule has 0 saturated heterocycles. The van der Waals surface area contributed by atoms with Crippen LogP contribution in [-0.2, 0) is 0 Å². The van der Waals surface area contributed by atoms with E-state index in [-0.39, 0.29) is 17.2 Å². The highest BCUT2D eigenvalue weighted by Crippen LogP contribution is 2.33. The molecule has 0 bridgehead atoms. The van der Waals surface area contributed by atoms with Gasteiger partial charge in [0.05, 0.1) is 10.5 Å². The van der Waals surface area contributed by atoms with Crippen molar-refractivity contribution in [2.45, 2.75) is 0 Å². The number of benzene rings is 2. The van der Waals surface area contributed by atoms with Gasteiger partial charge in [0, 0.05) is 10.5 Å². The molecule has 0 N–H and O–H groups in total. The summed E-state index contributed by atoms with van der Waals surface area (Å²) in [6, 6.07) is 12.9. The van der Waals surface area contributed by atoms with Crippen molar-refractivity contribution in [3.63, 3.8) is 0 Å². The Morgan fingerprint density at radius 3 is 2.63 bits per heavy atom. The van der Waals surface area contributed by atoms with Gasteiger partial charge >= 0.3 is 5.69 Å². The summed E-state index contributed by atoms with van der Waals surface area (Å²) in [5, 5.41) is 19.9. The fourth-order valence-electron chi connectivity index (χ4n) is 1.49. The second kappa shape index (κ2) is 5.50. The number of nitriles is 1. The second-order valence-corrected chi connectivity index (χ2v) is 4.49. The van der Waals surface area contributed by atoms with Crippen LogP contribution in [-0.4, -0.2) is 4.92 Å². The zero-order chi connectivity index (χ0) is 13.8. The normalized spacial score (nSPS) is 9.68. The van der Waals surface area contributed by atoms with E-state index in [2.05, 4.69) is 15.9 Å². The topological polar surface area (TPSA) is 76.2 Å². The van der Waals surface area contributed by atoms with Gasteiger partial charge in [-0.25, -0.2) is 0 Å². The first-order chi connectivity index (χ1) is 9.11. The van der Waals surface area contributed by atoms with E-state index >= 15 is 0 Å². The maximum absolute atomic E-state index is 10.9. The maximum atomic E-state index is 10.9. The van der Waals surface area contributed by atoms with Crippen LogP contribution in [0.5, 0.6) is 11.5 Å². The van der Waals surface area contributed by atoms with Gasteiger partial charge in [-0.3, -0.25) is 10.1 Å². The van der Waals surface area contributed by atoms with Gasteiger partial charge in [-0.2, -0.15) is 5.26 Å². The Labute approximate surface area is 117 Å². The van der Waals surface area contributed by atoms with E-state index in [1.807, 2.05) is 6.07 Å². The molecular formula is C13H7BrN2O3. The van der Waals surface area contributed by atoms with Crippen molar-refractivity contribution in [3.8, 4) is 17.6 Å². The van der Waals surface area contributed by atoms with E-state index in [1.54, 1.807) is 30.3 Å². The fraction of sp³-hybridized carbons (Fsp3) is 0. The van der Waals surface area contributed by atoms with Gasteiger partial charge in [0.25, 0.3) is 0 Å². The van der Waals surface area contributed by atoms with Crippen molar-refractivity contribution >= 4 is 21.6 Å². The van der Waals surface area contributed by atoms with Crippen molar-refractivity contribution in [1.29, 1.82) is 5.26 Å². The standard InChI is InChI=1S/C13H7BrN2O3/c14-10-6-5-9(8-15)13(7-10)19-12-4-2-1-3-11(12)16(17)18/h1-7H. The van der Waals surface area contributed by atoms with Crippen molar-refractivity contribution in [3.05, 3.63) is 62.6 Å². The Hall–Kier alpha value is -2.39. The molecule has 0 atom stereocenters. The molecule has 19 heavy (non-hydrogen) atoms. The molecule has 6 heteroatoms. The lowest BCUT2D eigenvalue weighted by Gasteiger charge is -2.07. The van der Waals surface area contributed by atoms with E-state index in [9.17, 15) is 10.1 Å². The summed E-state index contributed by atoms with van der Waals surface area (Å²) >= 11 is 3.26. The van der Waals surface area contributed by atoms with Crippen molar-refractivity contribution in [2.24, 2.45) is 0 Å². The van der Waals surface area contributed by atoms with Crippen molar-refractivity contribution in [2.75, 3.05) is 0 Å². The van der Waals surface area contributed by atoms with Crippen LogP contribution in [0.15, 0.2) is 46.9 Å². The lowest BCUT2D eigenvalue weighted by Crippen LogP contribution is -1.94. The molecule has 2 aromatic rings. The highest BCUT2D eigenvalue weighted by molar-refractivity contribution is 9.10. The van der Waals surface area contributed by atoms with Gasteiger partial charge in [-0.15, -0.1) is 0 Å². The number of hydrogen-bond acceptors (Lipinski definition) is 4. The first kappa shape index (κ1) is 13.1. The summed E-state index contributed by atoms with van der Waals surface area (Å²) in [5.41, 5.74) is 0.160. The summed E-state index contributed by atoms with van der Waals surface area (Å²) in [6.45, 7) is 0. The third-order valence-corrected chi connectivity index (χ3v) is 2.84. The number of halogens is 1. The molecule has 2 aromatic carbocycles. The SMILES string of the molecule is N#Cc1ccc(Br)cc1Oc1ccccc1[N+](=O)[O-]. The molecular weight excluding hydrogens is 312 g/mol. The fourth-order valence-corrected chi connectivity index (χ4v) is 1.83. The van der Waals surface area contributed by atoms with Gasteiger partial charge in [0.2, 0.25) is 5.75 Å². The monoisotopic (exact) mass is 318 g/mol. The summed E-state index contributed by atoms with van der Waals surface area (Å²) in [5.74, 6) is 0.369. The molecule has 0 heterocycles. The quantitative estimate of drug-likeness (QED) is 0.632. The van der Waals surface area contributed by atoms with Crippen LogP contribution in [0.3, 0.4) is 0 Å². The zero-order valence-corrected chi connectivity index (χ0v) is 11.1. The Morgan fingerprint density at radius 2 is 1.95 bits per heavy atom. The number of para-hydroxylation sites is 2. The molecule has 0 unspecified atom stereocenters. The first-order valence-corrected chi connectivity index (χ1v) is 6.02. The van der Waals surface area contributed by atoms with E-state index < -0.39 is 4.92 Å². The lowest BCUT2D eigenvalue weighted by molar-refractivity contribution is -0.385. The van der Waals surface area contributed by atoms with Gasteiger partial charge < -0.3 is 4.74 Å². The van der Waals surface area contributed by atoms with Crippen LogP contribution in [0.1, 0.15) is 5.56 Å². The van der Waals surface area contributed by atoms with Crippen LogP contribution < -0.4 is 4.74 Å². The summed E-state index contributed by atoms with van der Waals surface area (Å²) < 4.78 is 6.20. The van der Waals surface area contributed by atoms with Crippen LogP contribution in [0, 0.1) is 21.4 Å². The van der Waals surface area contributed by atoms with Crippen LogP contribution >= 0.6 is 15.9 Å². The van der Waals surface area contributed by atoms with Gasteiger partial charge in [-0.1, -0.05) is 28.1 Å². The minimum absolute atomic E-state index is 0.0992. The molecule has 5 nitrogen and oxygen atoms in total. The highest BCUT2D eigenvalue weighted by atomic mass is 79.9. The van der Waals surface area contributed by atoms with Crippen LogP contribution in [0.25, 0.3) is 0 Å². The molecule has 0 amide bonds. The summed E-state index contributed by atoms with van der Waals surface area (Å²) in [4.78, 5) is 10.4. The molecule has 0 fully saturated rings. The zero-order valence-electron chi connectivity index (χ0n) is 9.54. The Bertz CT molecular complexity index is 680. The Morgan fingerprint density at radius 1 is 1.21 bits per heavy atom. The predicted molar refractivity (Wildman–Crippen MR) is 72.0 cm³/mol. The summed E-state index contributed by atoms with van der Waals surface area (Å²) in [6.07, 6.45) is 0. The second-order valence-electron chi connectivity index (χ2n) is 3.58. The molecule has 0 saturated carbocycles. The van der Waals surface area contributed by atoms with E-state index in [4.69, 9.17) is 10.00 Å². The summed E-state index contributed by atoms with van der Waals surface area (Å²) in [7, 11) is 0. The molecule has 0 aromatic heterocycles. The number of rotatable bonds is 3. The molecule has 0 spiro atoms. The average Bonchev–Trinajstić information content (AvgIpc) is 2.39. The van der Waals surface area contributed by atoms with Crippen molar-refractivity contribution in [1.82, 2.24) is 0 Å². The molecule has 94 valence electrons. The van der Waals surface area contributed by atoms with E-state index in [0.29, 0.717) is 5.56 Å². The third kappa shape index (κ3) is 2.89. The number of nitro groups is 1. The Kier molecular flexibility index (Phi) is 3.78. The third-order valence-electron chi connectivity index (χ3n) is 2.35. The van der Waals surface area contributed by atoms with Gasteiger partial charge in [0.1, 0.15) is 11.8 Å². The number of hydrogen-bond donors (Lipinski definition) is 0. The number of nitro benzene ring substituents is 1. The molecule has 0 aliphatic carbocycles. The molecule has 0 aliphatic rings. The average molecular weight is 319 g/mol. The van der Waals surface area contributed by atoms with Gasteiger partial charge in [0.15, 0.2) is 0 Å². The largest absolute Gasteiger partial charge is 0.449 e. The van der Waals surface area contributed by atoms with Crippen molar-refractivity contribution < 1.29 is 9.66 Å². The number of nitrogens with zero attached hydrogens (tertiary/aromatic N) is 2. The first-order valence-electron chi connectivity index (χ1n) is 5.22. The maximum Gasteiger partial charge on any atom is 0.311 e. The highest BCUT2D eigenvalue weighted by Gasteiger charge is 2.16. The Balaban J connectivity index is 2.45. The van der Waals surface area contributed by atoms with Gasteiger partial charge in [-0.05, 0) is 24.3 Å². The number of ether oxygens (including phenoxy) is 1. The minimum Gasteiger partial charge on any atom is -0.449 e.